The van der Waals surface area contributed by atoms with Crippen molar-refractivity contribution in [3.63, 3.8) is 0 Å². The molecule has 1 amide bonds. The van der Waals surface area contributed by atoms with Gasteiger partial charge in [-0.1, -0.05) is 17.3 Å². The number of amides is 1. The topological polar surface area (TPSA) is 77.6 Å². The Morgan fingerprint density at radius 3 is 2.58 bits per heavy atom. The molecule has 0 radical (unpaired) electrons. The van der Waals surface area contributed by atoms with Crippen LogP contribution in [0.15, 0.2) is 60.9 Å². The predicted molar refractivity (Wildman–Crippen MR) is 90.0 cm³/mol. The summed E-state index contributed by atoms with van der Waals surface area (Å²) in [6.07, 6.45) is 3.35. The zero-order valence-electron chi connectivity index (χ0n) is 12.9. The molecule has 7 nitrogen and oxygen atoms in total. The molecule has 4 aromatic rings. The first-order valence-corrected chi connectivity index (χ1v) is 7.42. The van der Waals surface area contributed by atoms with Gasteiger partial charge in [0.05, 0.1) is 29.1 Å². The molecule has 0 fully saturated rings. The molecule has 2 heterocycles. The Morgan fingerprint density at radius 1 is 1.08 bits per heavy atom. The third-order valence-corrected chi connectivity index (χ3v) is 3.83. The van der Waals surface area contributed by atoms with Crippen LogP contribution in [0.5, 0.6) is 0 Å². The molecule has 0 spiro atoms. The molecule has 0 saturated carbocycles. The van der Waals surface area contributed by atoms with Crippen molar-refractivity contribution < 1.29 is 4.79 Å². The monoisotopic (exact) mass is 318 g/mol. The summed E-state index contributed by atoms with van der Waals surface area (Å²) in [5, 5.41) is 10.5. The van der Waals surface area contributed by atoms with Gasteiger partial charge in [0.2, 0.25) is 5.95 Å². The normalized spacial score (nSPS) is 10.9. The highest BCUT2D eigenvalue weighted by atomic mass is 16.1. The number of nitrogens with one attached hydrogen (secondary N) is 1. The third-order valence-electron chi connectivity index (χ3n) is 3.83. The van der Waals surface area contributed by atoms with Crippen LogP contribution in [0.2, 0.25) is 0 Å². The molecule has 0 saturated heterocycles. The maximum atomic E-state index is 12.4. The van der Waals surface area contributed by atoms with E-state index in [1.807, 2.05) is 48.0 Å². The largest absolute Gasteiger partial charge is 0.313 e. The Kier molecular flexibility index (Phi) is 3.31. The average Bonchev–Trinajstić information content (AvgIpc) is 3.25. The predicted octanol–water partition coefficient (Wildman–Crippen LogP) is 2.41. The van der Waals surface area contributed by atoms with Crippen molar-refractivity contribution in [2.24, 2.45) is 7.05 Å². The van der Waals surface area contributed by atoms with E-state index in [1.165, 1.54) is 0 Å². The lowest BCUT2D eigenvalue weighted by molar-refractivity contribution is 0.102. The van der Waals surface area contributed by atoms with Gasteiger partial charge >= 0.3 is 0 Å². The Bertz CT molecular complexity index is 1000. The number of carbonyl (C=O) groups excluding carboxylic acids is 1. The molecule has 0 bridgehead atoms. The van der Waals surface area contributed by atoms with Crippen LogP contribution in [0.1, 0.15) is 10.4 Å². The molecule has 2 aromatic heterocycles. The lowest BCUT2D eigenvalue weighted by atomic mass is 10.2. The highest BCUT2D eigenvalue weighted by Crippen LogP contribution is 2.18. The van der Waals surface area contributed by atoms with E-state index in [0.29, 0.717) is 11.5 Å². The number of imidazole rings is 1. The van der Waals surface area contributed by atoms with Crippen LogP contribution in [0.25, 0.3) is 16.7 Å². The van der Waals surface area contributed by atoms with E-state index in [2.05, 4.69) is 20.6 Å². The first-order chi connectivity index (χ1) is 11.7. The fourth-order valence-electron chi connectivity index (χ4n) is 2.54. The fourth-order valence-corrected chi connectivity index (χ4v) is 2.54. The number of hydrogen-bond acceptors (Lipinski definition) is 4. The lowest BCUT2D eigenvalue weighted by Gasteiger charge is -2.06. The van der Waals surface area contributed by atoms with E-state index in [-0.39, 0.29) is 5.91 Å². The number of anilines is 1. The molecule has 7 heteroatoms. The van der Waals surface area contributed by atoms with E-state index in [4.69, 9.17) is 0 Å². The average molecular weight is 318 g/mol. The summed E-state index contributed by atoms with van der Waals surface area (Å²) < 4.78 is 3.49. The van der Waals surface area contributed by atoms with Crippen LogP contribution in [0.3, 0.4) is 0 Å². The van der Waals surface area contributed by atoms with Gasteiger partial charge in [0.25, 0.3) is 5.91 Å². The summed E-state index contributed by atoms with van der Waals surface area (Å²) in [6.45, 7) is 0. The van der Waals surface area contributed by atoms with Crippen LogP contribution < -0.4 is 5.32 Å². The zero-order chi connectivity index (χ0) is 16.5. The maximum absolute atomic E-state index is 12.4. The first-order valence-electron chi connectivity index (χ1n) is 7.42. The van der Waals surface area contributed by atoms with E-state index < -0.39 is 0 Å². The van der Waals surface area contributed by atoms with E-state index in [0.717, 1.165) is 16.7 Å². The molecule has 0 aliphatic carbocycles. The van der Waals surface area contributed by atoms with Gasteiger partial charge in [-0.15, -0.1) is 5.10 Å². The minimum absolute atomic E-state index is 0.210. The first kappa shape index (κ1) is 14.1. The SMILES string of the molecule is Cn1c(NC(=O)c2ccc(-n3ccnn3)cc2)nc2ccccc21. The van der Waals surface area contributed by atoms with Crippen molar-refractivity contribution in [3.8, 4) is 5.69 Å². The summed E-state index contributed by atoms with van der Waals surface area (Å²) >= 11 is 0. The number of nitrogens with zero attached hydrogens (tertiary/aromatic N) is 5. The van der Waals surface area contributed by atoms with Crippen LogP contribution in [-0.2, 0) is 7.05 Å². The maximum Gasteiger partial charge on any atom is 0.257 e. The standard InChI is InChI=1S/C17H14N6O/c1-22-15-5-3-2-4-14(15)19-17(22)20-16(24)12-6-8-13(9-7-12)23-11-10-18-21-23/h2-11H,1H3,(H,19,20,24). The molecule has 4 rings (SSSR count). The summed E-state index contributed by atoms with van der Waals surface area (Å²) in [5.41, 5.74) is 3.20. The Hall–Kier alpha value is -3.48. The van der Waals surface area contributed by atoms with Crippen LogP contribution in [-0.4, -0.2) is 30.5 Å². The van der Waals surface area contributed by atoms with Crippen molar-refractivity contribution in [1.29, 1.82) is 0 Å². The Balaban J connectivity index is 1.58. The van der Waals surface area contributed by atoms with Crippen molar-refractivity contribution in [2.45, 2.75) is 0 Å². The third kappa shape index (κ3) is 2.41. The molecule has 2 aromatic carbocycles. The minimum atomic E-state index is -0.210. The number of rotatable bonds is 3. The second-order valence-corrected chi connectivity index (χ2v) is 5.33. The van der Waals surface area contributed by atoms with Gasteiger partial charge in [0, 0.05) is 12.6 Å². The van der Waals surface area contributed by atoms with Gasteiger partial charge in [-0.05, 0) is 36.4 Å². The van der Waals surface area contributed by atoms with Gasteiger partial charge < -0.3 is 4.57 Å². The van der Waals surface area contributed by atoms with Gasteiger partial charge in [0.1, 0.15) is 0 Å². The highest BCUT2D eigenvalue weighted by molar-refractivity contribution is 6.04. The zero-order valence-corrected chi connectivity index (χ0v) is 12.9. The molecule has 0 atom stereocenters. The summed E-state index contributed by atoms with van der Waals surface area (Å²) in [7, 11) is 1.87. The molecule has 0 aliphatic rings. The molecular formula is C17H14N6O. The van der Waals surface area contributed by atoms with Crippen LogP contribution in [0.4, 0.5) is 5.95 Å². The number of fused-ring (bicyclic) bond motifs is 1. The molecule has 1 N–H and O–H groups in total. The van der Waals surface area contributed by atoms with Crippen molar-refractivity contribution in [1.82, 2.24) is 24.5 Å². The summed E-state index contributed by atoms with van der Waals surface area (Å²) in [6, 6.07) is 14.9. The van der Waals surface area contributed by atoms with Crippen LogP contribution in [0, 0.1) is 0 Å². The van der Waals surface area contributed by atoms with E-state index in [1.54, 1.807) is 29.2 Å². The Labute approximate surface area is 137 Å². The van der Waals surface area contributed by atoms with Crippen LogP contribution >= 0.6 is 0 Å². The van der Waals surface area contributed by atoms with Crippen molar-refractivity contribution in [2.75, 3.05) is 5.32 Å². The van der Waals surface area contributed by atoms with Gasteiger partial charge in [-0.25, -0.2) is 9.67 Å². The quantitative estimate of drug-likeness (QED) is 0.629. The number of carbonyl (C=O) groups is 1. The summed E-state index contributed by atoms with van der Waals surface area (Å²) in [5.74, 6) is 0.306. The van der Waals surface area contributed by atoms with Gasteiger partial charge in [-0.3, -0.25) is 10.1 Å². The molecular weight excluding hydrogens is 304 g/mol. The van der Waals surface area contributed by atoms with Crippen molar-refractivity contribution >= 4 is 22.9 Å². The molecule has 24 heavy (non-hydrogen) atoms. The molecule has 118 valence electrons. The minimum Gasteiger partial charge on any atom is -0.313 e. The number of aryl methyl sites for hydroxylation is 1. The fraction of sp³-hybridized carbons (Fsp3) is 0.0588. The number of benzene rings is 2. The van der Waals surface area contributed by atoms with E-state index >= 15 is 0 Å². The number of hydrogen-bond donors (Lipinski definition) is 1. The highest BCUT2D eigenvalue weighted by Gasteiger charge is 2.12. The smallest absolute Gasteiger partial charge is 0.257 e. The second-order valence-electron chi connectivity index (χ2n) is 5.33. The number of para-hydroxylation sites is 2. The van der Waals surface area contributed by atoms with Gasteiger partial charge in [-0.2, -0.15) is 0 Å². The molecule has 0 unspecified atom stereocenters. The summed E-state index contributed by atoms with van der Waals surface area (Å²) in [4.78, 5) is 16.9. The Morgan fingerprint density at radius 2 is 1.88 bits per heavy atom. The van der Waals surface area contributed by atoms with E-state index in [9.17, 15) is 4.79 Å². The number of aromatic nitrogens is 5. The lowest BCUT2D eigenvalue weighted by Crippen LogP contribution is -2.15. The molecule has 0 aliphatic heterocycles. The van der Waals surface area contributed by atoms with Crippen molar-refractivity contribution in [3.05, 3.63) is 66.5 Å². The second kappa shape index (κ2) is 5.62. The van der Waals surface area contributed by atoms with Gasteiger partial charge in [0.15, 0.2) is 0 Å².